The number of ether oxygens (including phenoxy) is 2. The highest BCUT2D eigenvalue weighted by atomic mass is 19.3. The summed E-state index contributed by atoms with van der Waals surface area (Å²) in [4.78, 5) is 0. The smallest absolute Gasteiger partial charge is 0.395 e. The second-order valence-electron chi connectivity index (χ2n) is 3.07. The molecule has 0 aliphatic carbocycles. The number of benzene rings is 1. The maximum atomic E-state index is 12.7. The maximum Gasteiger partial charge on any atom is 0.586 e. The lowest BCUT2D eigenvalue weighted by Gasteiger charge is -2.05. The molecule has 1 heterocycles. The second kappa shape index (κ2) is 3.39. The van der Waals surface area contributed by atoms with Crippen LogP contribution in [0.1, 0.15) is 12.0 Å². The Balaban J connectivity index is 2.30. The summed E-state index contributed by atoms with van der Waals surface area (Å²) in [6.07, 6.45) is -2.96. The molecule has 0 radical (unpaired) electrons. The molecule has 15 heavy (non-hydrogen) atoms. The first-order chi connectivity index (χ1) is 7.12. The van der Waals surface area contributed by atoms with Crippen LogP contribution in [0.3, 0.4) is 0 Å². The number of hydrogen-bond acceptors (Lipinski definition) is 3. The zero-order valence-corrected chi connectivity index (χ0v) is 7.67. The zero-order valence-electron chi connectivity index (χ0n) is 7.67. The topological polar surface area (TPSA) is 42.2 Å². The molecular weight excluding hydrogens is 204 g/mol. The molecule has 2 rings (SSSR count). The highest BCUT2D eigenvalue weighted by Crippen LogP contribution is 2.43. The number of hydrogen-bond donors (Lipinski definition) is 0. The molecule has 0 bridgehead atoms. The lowest BCUT2D eigenvalue weighted by atomic mass is 10.1. The van der Waals surface area contributed by atoms with Crippen LogP contribution in [-0.4, -0.2) is 6.29 Å². The van der Waals surface area contributed by atoms with Crippen molar-refractivity contribution in [2.45, 2.75) is 19.1 Å². The third-order valence-electron chi connectivity index (χ3n) is 2.02. The van der Waals surface area contributed by atoms with Crippen LogP contribution in [0.5, 0.6) is 11.5 Å². The summed E-state index contributed by atoms with van der Waals surface area (Å²) in [6.45, 7) is 0. The van der Waals surface area contributed by atoms with Gasteiger partial charge in [0.05, 0.1) is 6.07 Å². The zero-order chi connectivity index (χ0) is 10.9. The number of nitrogens with zero attached hydrogens (tertiary/aromatic N) is 1. The minimum Gasteiger partial charge on any atom is -0.395 e. The molecule has 0 aromatic heterocycles. The van der Waals surface area contributed by atoms with Crippen LogP contribution < -0.4 is 9.47 Å². The van der Waals surface area contributed by atoms with Crippen molar-refractivity contribution in [3.8, 4) is 17.6 Å². The van der Waals surface area contributed by atoms with Crippen molar-refractivity contribution in [3.63, 3.8) is 0 Å². The first-order valence-electron chi connectivity index (χ1n) is 4.37. The van der Waals surface area contributed by atoms with Crippen LogP contribution in [0.15, 0.2) is 18.2 Å². The second-order valence-corrected chi connectivity index (χ2v) is 3.07. The molecule has 0 fully saturated rings. The van der Waals surface area contributed by atoms with Crippen LogP contribution >= 0.6 is 0 Å². The number of nitriles is 1. The summed E-state index contributed by atoms with van der Waals surface area (Å²) in [5, 5.41) is 8.41. The van der Waals surface area contributed by atoms with Gasteiger partial charge in [0.25, 0.3) is 0 Å². The molecule has 1 aromatic carbocycles. The van der Waals surface area contributed by atoms with Crippen molar-refractivity contribution in [1.29, 1.82) is 5.26 Å². The molecule has 0 saturated heterocycles. The quantitative estimate of drug-likeness (QED) is 0.754. The predicted octanol–water partition coefficient (Wildman–Crippen LogP) is 2.46. The molecule has 0 spiro atoms. The van der Waals surface area contributed by atoms with E-state index in [1.165, 1.54) is 6.07 Å². The van der Waals surface area contributed by atoms with Crippen LogP contribution in [0, 0.1) is 11.3 Å². The van der Waals surface area contributed by atoms with Crippen molar-refractivity contribution in [1.82, 2.24) is 0 Å². The average Bonchev–Trinajstić information content (AvgIpc) is 2.49. The van der Waals surface area contributed by atoms with E-state index >= 15 is 0 Å². The third kappa shape index (κ3) is 1.84. The molecule has 5 heteroatoms. The number of aryl methyl sites for hydroxylation is 1. The van der Waals surface area contributed by atoms with Crippen molar-refractivity contribution in [2.75, 3.05) is 0 Å². The first-order valence-corrected chi connectivity index (χ1v) is 4.37. The van der Waals surface area contributed by atoms with Gasteiger partial charge in [-0.15, -0.1) is 8.78 Å². The van der Waals surface area contributed by atoms with Gasteiger partial charge in [-0.25, -0.2) is 0 Å². The average molecular weight is 211 g/mol. The van der Waals surface area contributed by atoms with Gasteiger partial charge in [0.1, 0.15) is 0 Å². The fraction of sp³-hybridized carbons (Fsp3) is 0.300. The van der Waals surface area contributed by atoms with Crippen molar-refractivity contribution >= 4 is 0 Å². The van der Waals surface area contributed by atoms with Gasteiger partial charge in [-0.2, -0.15) is 5.26 Å². The van der Waals surface area contributed by atoms with Crippen LogP contribution in [0.25, 0.3) is 0 Å². The highest BCUT2D eigenvalue weighted by molar-refractivity contribution is 5.48. The number of rotatable bonds is 2. The van der Waals surface area contributed by atoms with E-state index < -0.39 is 6.29 Å². The minimum absolute atomic E-state index is 0.0236. The summed E-state index contributed by atoms with van der Waals surface area (Å²) < 4.78 is 34.1. The molecule has 0 amide bonds. The number of halogens is 2. The lowest BCUT2D eigenvalue weighted by Crippen LogP contribution is -2.26. The van der Waals surface area contributed by atoms with Crippen molar-refractivity contribution < 1.29 is 18.3 Å². The molecule has 0 atom stereocenters. The lowest BCUT2D eigenvalue weighted by molar-refractivity contribution is -0.286. The fourth-order valence-corrected chi connectivity index (χ4v) is 1.41. The van der Waals surface area contributed by atoms with Gasteiger partial charge in [-0.1, -0.05) is 12.1 Å². The molecule has 0 saturated carbocycles. The normalized spacial score (nSPS) is 16.1. The summed E-state index contributed by atoms with van der Waals surface area (Å²) in [5.74, 6) is 0.0631. The molecule has 0 unspecified atom stereocenters. The summed E-state index contributed by atoms with van der Waals surface area (Å²) >= 11 is 0. The van der Waals surface area contributed by atoms with Gasteiger partial charge in [0.2, 0.25) is 0 Å². The van der Waals surface area contributed by atoms with E-state index in [1.54, 1.807) is 12.1 Å². The summed E-state index contributed by atoms with van der Waals surface area (Å²) in [7, 11) is 0. The van der Waals surface area contributed by atoms with Gasteiger partial charge in [-0.3, -0.25) is 0 Å². The Bertz CT molecular complexity index is 426. The van der Waals surface area contributed by atoms with E-state index in [0.29, 0.717) is 12.0 Å². The third-order valence-corrected chi connectivity index (χ3v) is 2.02. The van der Waals surface area contributed by atoms with Gasteiger partial charge in [-0.05, 0) is 18.1 Å². The van der Waals surface area contributed by atoms with E-state index in [0.717, 1.165) is 0 Å². The van der Waals surface area contributed by atoms with Crippen molar-refractivity contribution in [2.24, 2.45) is 0 Å². The van der Waals surface area contributed by atoms with Gasteiger partial charge < -0.3 is 9.47 Å². The monoisotopic (exact) mass is 211 g/mol. The highest BCUT2D eigenvalue weighted by Gasteiger charge is 2.44. The molecule has 1 aliphatic heterocycles. The van der Waals surface area contributed by atoms with Crippen molar-refractivity contribution in [3.05, 3.63) is 23.8 Å². The predicted molar refractivity (Wildman–Crippen MR) is 46.6 cm³/mol. The Kier molecular flexibility index (Phi) is 2.19. The van der Waals surface area contributed by atoms with E-state index in [-0.39, 0.29) is 17.9 Å². The molecule has 1 aromatic rings. The maximum absolute atomic E-state index is 12.7. The van der Waals surface area contributed by atoms with Gasteiger partial charge in [0.15, 0.2) is 11.5 Å². The summed E-state index contributed by atoms with van der Waals surface area (Å²) in [6, 6.07) is 6.59. The largest absolute Gasteiger partial charge is 0.586 e. The molecule has 1 aliphatic rings. The minimum atomic E-state index is -3.59. The van der Waals surface area contributed by atoms with Crippen LogP contribution in [-0.2, 0) is 6.42 Å². The Labute approximate surface area is 84.8 Å². The van der Waals surface area contributed by atoms with Crippen LogP contribution in [0.2, 0.25) is 0 Å². The first kappa shape index (κ1) is 9.71. The molecule has 3 nitrogen and oxygen atoms in total. The molecular formula is C10H7F2NO2. The van der Waals surface area contributed by atoms with E-state index in [9.17, 15) is 8.78 Å². The van der Waals surface area contributed by atoms with Crippen LogP contribution in [0.4, 0.5) is 8.78 Å². The van der Waals surface area contributed by atoms with Gasteiger partial charge >= 0.3 is 6.29 Å². The SMILES string of the molecule is N#CCCc1cccc2c1OC(F)(F)O2. The Morgan fingerprint density at radius 1 is 1.33 bits per heavy atom. The van der Waals surface area contributed by atoms with Gasteiger partial charge in [0, 0.05) is 6.42 Å². The molecule has 0 N–H and O–H groups in total. The standard InChI is InChI=1S/C10H7F2NO2/c11-10(12)14-8-5-1-3-7(4-2-6-13)9(8)15-10/h1,3,5H,2,4H2. The number of para-hydroxylation sites is 1. The number of alkyl halides is 2. The number of fused-ring (bicyclic) bond motifs is 1. The Morgan fingerprint density at radius 3 is 2.87 bits per heavy atom. The molecule has 78 valence electrons. The fourth-order valence-electron chi connectivity index (χ4n) is 1.41. The van der Waals surface area contributed by atoms with E-state index in [4.69, 9.17) is 5.26 Å². The Morgan fingerprint density at radius 2 is 2.13 bits per heavy atom. The Hall–Kier alpha value is -1.83. The van der Waals surface area contributed by atoms with E-state index in [1.807, 2.05) is 6.07 Å². The summed E-state index contributed by atoms with van der Waals surface area (Å²) in [5.41, 5.74) is 0.561. The van der Waals surface area contributed by atoms with E-state index in [2.05, 4.69) is 9.47 Å².